The number of nitrogens with zero attached hydrogens (tertiary/aromatic N) is 6. The van der Waals surface area contributed by atoms with Crippen LogP contribution >= 0.6 is 0 Å². The molecule has 3 aromatic rings. The van der Waals surface area contributed by atoms with Crippen LogP contribution in [0.1, 0.15) is 20.8 Å². The van der Waals surface area contributed by atoms with Gasteiger partial charge in [0.1, 0.15) is 6.33 Å². The third kappa shape index (κ3) is 1.57. The van der Waals surface area contributed by atoms with Gasteiger partial charge in [0, 0.05) is 17.9 Å². The fourth-order valence-electron chi connectivity index (χ4n) is 1.92. The van der Waals surface area contributed by atoms with Gasteiger partial charge < -0.3 is 4.57 Å². The molecule has 0 bridgehead atoms. The van der Waals surface area contributed by atoms with Gasteiger partial charge in [-0.2, -0.15) is 5.10 Å². The van der Waals surface area contributed by atoms with Crippen molar-refractivity contribution in [3.05, 3.63) is 31.1 Å². The van der Waals surface area contributed by atoms with E-state index < -0.39 is 0 Å². The monoisotopic (exact) mass is 242 g/mol. The summed E-state index contributed by atoms with van der Waals surface area (Å²) in [6, 6.07) is 0. The zero-order valence-electron chi connectivity index (χ0n) is 10.6. The van der Waals surface area contributed by atoms with E-state index in [9.17, 15) is 0 Å². The standard InChI is InChI=1S/C12H14N6/c1-12(2,3)17-8-14-16-11(17)9-6-15-18-5-4-13-7-10(9)18/h4-8H,1-3H3. The molecule has 0 aliphatic rings. The lowest BCUT2D eigenvalue weighted by molar-refractivity contribution is 0.400. The minimum absolute atomic E-state index is 0.0741. The molecule has 0 atom stereocenters. The van der Waals surface area contributed by atoms with Crippen LogP contribution in [-0.2, 0) is 5.54 Å². The van der Waals surface area contributed by atoms with E-state index in [2.05, 4.69) is 41.1 Å². The maximum absolute atomic E-state index is 4.29. The number of aromatic nitrogens is 6. The molecule has 18 heavy (non-hydrogen) atoms. The second kappa shape index (κ2) is 3.63. The Hall–Kier alpha value is -2.24. The van der Waals surface area contributed by atoms with Crippen LogP contribution in [0.4, 0.5) is 0 Å². The SMILES string of the molecule is CC(C)(C)n1cnnc1-c1cnn2ccncc12. The summed E-state index contributed by atoms with van der Waals surface area (Å²) in [6.07, 6.45) is 8.84. The van der Waals surface area contributed by atoms with Crippen molar-refractivity contribution in [3.8, 4) is 11.4 Å². The molecule has 0 fully saturated rings. The zero-order chi connectivity index (χ0) is 12.8. The van der Waals surface area contributed by atoms with E-state index in [0.717, 1.165) is 16.9 Å². The fraction of sp³-hybridized carbons (Fsp3) is 0.333. The molecule has 6 heteroatoms. The number of hydrogen-bond acceptors (Lipinski definition) is 4. The number of rotatable bonds is 1. The smallest absolute Gasteiger partial charge is 0.168 e. The minimum Gasteiger partial charge on any atom is -0.308 e. The maximum atomic E-state index is 4.29. The summed E-state index contributed by atoms with van der Waals surface area (Å²) in [5, 5.41) is 12.5. The van der Waals surface area contributed by atoms with E-state index in [1.165, 1.54) is 0 Å². The van der Waals surface area contributed by atoms with Gasteiger partial charge >= 0.3 is 0 Å². The predicted molar refractivity (Wildman–Crippen MR) is 67.0 cm³/mol. The lowest BCUT2D eigenvalue weighted by Gasteiger charge is -2.21. The van der Waals surface area contributed by atoms with Crippen molar-refractivity contribution in [2.75, 3.05) is 0 Å². The van der Waals surface area contributed by atoms with Crippen molar-refractivity contribution in [1.82, 2.24) is 29.4 Å². The first kappa shape index (κ1) is 10.9. The average molecular weight is 242 g/mol. The first-order valence-electron chi connectivity index (χ1n) is 5.75. The van der Waals surface area contributed by atoms with Crippen LogP contribution in [0.3, 0.4) is 0 Å². The van der Waals surface area contributed by atoms with Crippen molar-refractivity contribution in [3.63, 3.8) is 0 Å². The molecule has 3 aromatic heterocycles. The van der Waals surface area contributed by atoms with Crippen molar-refractivity contribution in [1.29, 1.82) is 0 Å². The summed E-state index contributed by atoms with van der Waals surface area (Å²) in [5.41, 5.74) is 1.79. The van der Waals surface area contributed by atoms with Gasteiger partial charge in [0.05, 0.1) is 23.5 Å². The molecule has 6 nitrogen and oxygen atoms in total. The summed E-state index contributed by atoms with van der Waals surface area (Å²) in [7, 11) is 0. The largest absolute Gasteiger partial charge is 0.308 e. The van der Waals surface area contributed by atoms with E-state index >= 15 is 0 Å². The van der Waals surface area contributed by atoms with Crippen LogP contribution in [0, 0.1) is 0 Å². The van der Waals surface area contributed by atoms with Crippen LogP contribution in [0.5, 0.6) is 0 Å². The normalized spacial score (nSPS) is 12.2. The Balaban J connectivity index is 2.25. The molecular weight excluding hydrogens is 228 g/mol. The molecule has 0 aromatic carbocycles. The Kier molecular flexibility index (Phi) is 2.19. The zero-order valence-corrected chi connectivity index (χ0v) is 10.6. The van der Waals surface area contributed by atoms with E-state index in [1.54, 1.807) is 29.4 Å². The van der Waals surface area contributed by atoms with Crippen LogP contribution in [0.25, 0.3) is 16.9 Å². The molecule has 0 N–H and O–H groups in total. The third-order valence-corrected chi connectivity index (χ3v) is 2.84. The summed E-state index contributed by atoms with van der Waals surface area (Å²) in [6.45, 7) is 6.34. The lowest BCUT2D eigenvalue weighted by Crippen LogP contribution is -2.21. The maximum Gasteiger partial charge on any atom is 0.168 e. The highest BCUT2D eigenvalue weighted by molar-refractivity contribution is 5.75. The van der Waals surface area contributed by atoms with Gasteiger partial charge in [-0.05, 0) is 20.8 Å². The third-order valence-electron chi connectivity index (χ3n) is 2.84. The van der Waals surface area contributed by atoms with E-state index in [1.807, 2.05) is 10.8 Å². The first-order chi connectivity index (χ1) is 8.57. The molecule has 0 radical (unpaired) electrons. The fourth-order valence-corrected chi connectivity index (χ4v) is 1.92. The van der Waals surface area contributed by atoms with Crippen molar-refractivity contribution < 1.29 is 0 Å². The van der Waals surface area contributed by atoms with Gasteiger partial charge in [0.25, 0.3) is 0 Å². The second-order valence-electron chi connectivity index (χ2n) is 5.16. The van der Waals surface area contributed by atoms with Crippen molar-refractivity contribution in [2.45, 2.75) is 26.3 Å². The van der Waals surface area contributed by atoms with Crippen LogP contribution in [0.15, 0.2) is 31.1 Å². The summed E-state index contributed by atoms with van der Waals surface area (Å²) in [4.78, 5) is 4.13. The molecule has 0 aliphatic carbocycles. The number of fused-ring (bicyclic) bond motifs is 1. The molecule has 0 unspecified atom stereocenters. The summed E-state index contributed by atoms with van der Waals surface area (Å²) < 4.78 is 3.82. The van der Waals surface area contributed by atoms with E-state index in [0.29, 0.717) is 0 Å². The highest BCUT2D eigenvalue weighted by Gasteiger charge is 2.20. The Morgan fingerprint density at radius 2 is 2.00 bits per heavy atom. The molecule has 0 amide bonds. The highest BCUT2D eigenvalue weighted by Crippen LogP contribution is 2.26. The van der Waals surface area contributed by atoms with Gasteiger partial charge in [0.15, 0.2) is 5.82 Å². The Morgan fingerprint density at radius 1 is 1.17 bits per heavy atom. The van der Waals surface area contributed by atoms with E-state index in [-0.39, 0.29) is 5.54 Å². The molecule has 3 rings (SSSR count). The molecule has 0 saturated heterocycles. The quantitative estimate of drug-likeness (QED) is 0.652. The molecule has 0 aliphatic heterocycles. The van der Waals surface area contributed by atoms with Gasteiger partial charge in [-0.15, -0.1) is 10.2 Å². The van der Waals surface area contributed by atoms with Gasteiger partial charge in [-0.1, -0.05) is 0 Å². The van der Waals surface area contributed by atoms with Gasteiger partial charge in [-0.25, -0.2) is 4.52 Å². The Bertz CT molecular complexity index is 688. The van der Waals surface area contributed by atoms with Gasteiger partial charge in [-0.3, -0.25) is 4.98 Å². The van der Waals surface area contributed by atoms with Crippen LogP contribution in [-0.4, -0.2) is 29.4 Å². The molecule has 0 saturated carbocycles. The predicted octanol–water partition coefficient (Wildman–Crippen LogP) is 1.74. The molecular formula is C12H14N6. The Labute approximate surface area is 104 Å². The molecule has 0 spiro atoms. The number of hydrogen-bond donors (Lipinski definition) is 0. The Morgan fingerprint density at radius 3 is 2.78 bits per heavy atom. The van der Waals surface area contributed by atoms with Crippen LogP contribution < -0.4 is 0 Å². The minimum atomic E-state index is -0.0741. The molecule has 92 valence electrons. The topological polar surface area (TPSA) is 60.9 Å². The lowest BCUT2D eigenvalue weighted by atomic mass is 10.1. The molecule has 3 heterocycles. The highest BCUT2D eigenvalue weighted by atomic mass is 15.3. The van der Waals surface area contributed by atoms with Gasteiger partial charge in [0.2, 0.25) is 0 Å². The second-order valence-corrected chi connectivity index (χ2v) is 5.16. The van der Waals surface area contributed by atoms with Crippen molar-refractivity contribution in [2.24, 2.45) is 0 Å². The van der Waals surface area contributed by atoms with Crippen molar-refractivity contribution >= 4 is 5.52 Å². The summed E-state index contributed by atoms with van der Waals surface area (Å²) in [5.74, 6) is 0.811. The summed E-state index contributed by atoms with van der Waals surface area (Å²) >= 11 is 0. The van der Waals surface area contributed by atoms with Crippen LogP contribution in [0.2, 0.25) is 0 Å². The first-order valence-corrected chi connectivity index (χ1v) is 5.75. The van der Waals surface area contributed by atoms with E-state index in [4.69, 9.17) is 0 Å². The average Bonchev–Trinajstić information content (AvgIpc) is 2.93.